The molecule has 5 heterocycles. The van der Waals surface area contributed by atoms with Gasteiger partial charge in [-0.05, 0) is 62.9 Å². The Kier molecular flexibility index (Phi) is 8.43. The number of anilines is 1. The van der Waals surface area contributed by atoms with Crippen LogP contribution in [-0.2, 0) is 14.3 Å². The lowest BCUT2D eigenvalue weighted by Gasteiger charge is -2.40. The fourth-order valence-electron chi connectivity index (χ4n) is 5.53. The fraction of sp³-hybridized carbons (Fsp3) is 0.500. The topological polar surface area (TPSA) is 121 Å². The van der Waals surface area contributed by atoms with Gasteiger partial charge in [0.2, 0.25) is 18.1 Å². The molecule has 2 saturated heterocycles. The first-order valence-corrected chi connectivity index (χ1v) is 14.7. The van der Waals surface area contributed by atoms with Gasteiger partial charge in [0.05, 0.1) is 48.6 Å². The summed E-state index contributed by atoms with van der Waals surface area (Å²) in [5, 5.41) is 3.30. The Morgan fingerprint density at radius 2 is 1.88 bits per heavy atom. The quantitative estimate of drug-likeness (QED) is 0.368. The highest BCUT2D eigenvalue weighted by Gasteiger charge is 2.43. The molecule has 6 rings (SSSR count). The smallest absolute Gasteiger partial charge is 0.233 e. The summed E-state index contributed by atoms with van der Waals surface area (Å²) in [4.78, 5) is 38.9. The molecule has 222 valence electrons. The molecule has 1 aromatic carbocycles. The van der Waals surface area contributed by atoms with Gasteiger partial charge in [-0.25, -0.2) is 19.3 Å². The average Bonchev–Trinajstić information content (AvgIpc) is 3.71. The maximum atomic E-state index is 13.8. The number of hydrogen-bond donors (Lipinski definition) is 2. The SMILES string of the molecule is CC1(C(=O)N2CCCCC2)COC(c2nc(-c3ccc(F)cc3)c(-c3ccnc(NCCCN4C=NCC4)n3)[nH]2)OC1. The van der Waals surface area contributed by atoms with Crippen molar-refractivity contribution in [2.75, 3.05) is 57.8 Å². The van der Waals surface area contributed by atoms with Crippen LogP contribution in [0.4, 0.5) is 10.3 Å². The van der Waals surface area contributed by atoms with Crippen molar-refractivity contribution in [3.8, 4) is 22.6 Å². The molecule has 2 aromatic heterocycles. The number of carbonyl (C=O) groups is 1. The molecule has 2 N–H and O–H groups in total. The number of carbonyl (C=O) groups excluding carboxylic acids is 1. The van der Waals surface area contributed by atoms with E-state index in [1.54, 1.807) is 24.4 Å². The lowest BCUT2D eigenvalue weighted by atomic mass is 9.89. The molecule has 0 radical (unpaired) electrons. The molecule has 0 saturated carbocycles. The largest absolute Gasteiger partial charge is 0.361 e. The van der Waals surface area contributed by atoms with Gasteiger partial charge in [-0.1, -0.05) is 0 Å². The third kappa shape index (κ3) is 6.29. The third-order valence-electron chi connectivity index (χ3n) is 7.91. The molecule has 3 aliphatic rings. The highest BCUT2D eigenvalue weighted by atomic mass is 19.1. The van der Waals surface area contributed by atoms with E-state index in [0.29, 0.717) is 35.4 Å². The van der Waals surface area contributed by atoms with Crippen molar-refractivity contribution in [2.24, 2.45) is 10.4 Å². The summed E-state index contributed by atoms with van der Waals surface area (Å²) in [5.74, 6) is 0.696. The van der Waals surface area contributed by atoms with Crippen molar-refractivity contribution in [2.45, 2.75) is 38.9 Å². The summed E-state index contributed by atoms with van der Waals surface area (Å²) >= 11 is 0. The predicted octanol–water partition coefficient (Wildman–Crippen LogP) is 3.88. The molecule has 3 aliphatic heterocycles. The molecule has 42 heavy (non-hydrogen) atoms. The van der Waals surface area contributed by atoms with Gasteiger partial charge in [0, 0.05) is 44.5 Å². The second-order valence-corrected chi connectivity index (χ2v) is 11.3. The van der Waals surface area contributed by atoms with E-state index in [1.165, 1.54) is 12.1 Å². The van der Waals surface area contributed by atoms with Crippen LogP contribution in [0, 0.1) is 11.2 Å². The molecule has 1 amide bonds. The first-order chi connectivity index (χ1) is 20.5. The summed E-state index contributed by atoms with van der Waals surface area (Å²) in [7, 11) is 0. The Morgan fingerprint density at radius 3 is 2.62 bits per heavy atom. The predicted molar refractivity (Wildman–Crippen MR) is 156 cm³/mol. The van der Waals surface area contributed by atoms with Gasteiger partial charge in [0.15, 0.2) is 5.82 Å². The van der Waals surface area contributed by atoms with Crippen molar-refractivity contribution >= 4 is 18.2 Å². The maximum absolute atomic E-state index is 13.8. The lowest BCUT2D eigenvalue weighted by molar-refractivity contribution is -0.234. The number of rotatable bonds is 9. The van der Waals surface area contributed by atoms with Crippen LogP contribution in [0.25, 0.3) is 22.6 Å². The molecule has 0 aliphatic carbocycles. The monoisotopic (exact) mass is 576 g/mol. The molecular weight excluding hydrogens is 539 g/mol. The van der Waals surface area contributed by atoms with Gasteiger partial charge in [0.1, 0.15) is 5.82 Å². The number of nitrogens with zero attached hydrogens (tertiary/aromatic N) is 6. The zero-order valence-electron chi connectivity index (χ0n) is 23.9. The van der Waals surface area contributed by atoms with Gasteiger partial charge in [-0.15, -0.1) is 0 Å². The van der Waals surface area contributed by atoms with E-state index in [4.69, 9.17) is 19.4 Å². The summed E-state index contributed by atoms with van der Waals surface area (Å²) in [6.07, 6.45) is 6.95. The molecule has 0 atom stereocenters. The first kappa shape index (κ1) is 28.2. The Morgan fingerprint density at radius 1 is 1.10 bits per heavy atom. The number of hydrogen-bond acceptors (Lipinski definition) is 9. The molecular formula is C30H37FN8O3. The van der Waals surface area contributed by atoms with Crippen LogP contribution in [0.15, 0.2) is 41.5 Å². The van der Waals surface area contributed by atoms with Crippen molar-refractivity contribution in [3.05, 3.63) is 48.2 Å². The normalized spacial score (nSPS) is 22.5. The Balaban J connectivity index is 1.19. The zero-order chi connectivity index (χ0) is 28.9. The van der Waals surface area contributed by atoms with Crippen LogP contribution in [0.5, 0.6) is 0 Å². The first-order valence-electron chi connectivity index (χ1n) is 14.7. The standard InChI is InChI=1S/C30H37FN8O3/c1-30(28(40)39-15-3-2-4-16-39)18-41-27(42-19-30)26-36-24(21-6-8-22(31)9-7-21)25(37-26)23-10-12-34-29(35-23)33-11-5-14-38-17-13-32-20-38/h6-10,12,20,27H,2-5,11,13-19H2,1H3,(H,36,37)(H,33,34,35). The summed E-state index contributed by atoms with van der Waals surface area (Å²) in [6.45, 7) is 7.35. The van der Waals surface area contributed by atoms with Crippen LogP contribution in [0.1, 0.15) is 44.7 Å². The molecule has 0 bridgehead atoms. The molecule has 12 heteroatoms. The second kappa shape index (κ2) is 12.5. The van der Waals surface area contributed by atoms with Gasteiger partial charge < -0.3 is 29.6 Å². The minimum absolute atomic E-state index is 0.0716. The van der Waals surface area contributed by atoms with Gasteiger partial charge >= 0.3 is 0 Å². The van der Waals surface area contributed by atoms with E-state index >= 15 is 0 Å². The highest BCUT2D eigenvalue weighted by molar-refractivity contribution is 5.83. The van der Waals surface area contributed by atoms with Crippen LogP contribution < -0.4 is 5.32 Å². The number of aromatic nitrogens is 4. The van der Waals surface area contributed by atoms with E-state index in [0.717, 1.165) is 64.0 Å². The van der Waals surface area contributed by atoms with E-state index in [-0.39, 0.29) is 24.9 Å². The zero-order valence-corrected chi connectivity index (χ0v) is 23.9. The number of amides is 1. The minimum Gasteiger partial charge on any atom is -0.361 e. The van der Waals surface area contributed by atoms with E-state index in [1.807, 2.05) is 18.2 Å². The summed E-state index contributed by atoms with van der Waals surface area (Å²) in [6, 6.07) is 7.95. The molecule has 0 spiro atoms. The van der Waals surface area contributed by atoms with Crippen molar-refractivity contribution in [3.63, 3.8) is 0 Å². The average molecular weight is 577 g/mol. The number of imidazole rings is 1. The molecule has 0 unspecified atom stereocenters. The summed E-state index contributed by atoms with van der Waals surface area (Å²) < 4.78 is 26.0. The fourth-order valence-corrected chi connectivity index (χ4v) is 5.53. The van der Waals surface area contributed by atoms with Crippen molar-refractivity contribution in [1.82, 2.24) is 29.7 Å². The molecule has 2 fully saturated rings. The minimum atomic E-state index is -0.784. The third-order valence-corrected chi connectivity index (χ3v) is 7.91. The molecule has 3 aromatic rings. The lowest BCUT2D eigenvalue weighted by Crippen LogP contribution is -2.51. The Bertz CT molecular complexity index is 1400. The van der Waals surface area contributed by atoms with E-state index < -0.39 is 11.7 Å². The Hall–Kier alpha value is -3.90. The van der Waals surface area contributed by atoms with Crippen LogP contribution in [0.3, 0.4) is 0 Å². The van der Waals surface area contributed by atoms with Crippen molar-refractivity contribution in [1.29, 1.82) is 0 Å². The van der Waals surface area contributed by atoms with Crippen LogP contribution in [0.2, 0.25) is 0 Å². The number of likely N-dealkylation sites (tertiary alicyclic amines) is 1. The van der Waals surface area contributed by atoms with E-state index in [2.05, 4.69) is 25.2 Å². The van der Waals surface area contributed by atoms with Gasteiger partial charge in [-0.2, -0.15) is 0 Å². The molecule has 11 nitrogen and oxygen atoms in total. The van der Waals surface area contributed by atoms with Crippen LogP contribution >= 0.6 is 0 Å². The van der Waals surface area contributed by atoms with E-state index in [9.17, 15) is 9.18 Å². The Labute approximate surface area is 244 Å². The maximum Gasteiger partial charge on any atom is 0.233 e. The van der Waals surface area contributed by atoms with Crippen molar-refractivity contribution < 1.29 is 18.7 Å². The number of nitrogens with one attached hydrogen (secondary N) is 2. The number of aliphatic imine (C=N–C) groups is 1. The van der Waals surface area contributed by atoms with Crippen LogP contribution in [-0.4, -0.2) is 94.5 Å². The second-order valence-electron chi connectivity index (χ2n) is 11.3. The summed E-state index contributed by atoms with van der Waals surface area (Å²) in [5.41, 5.74) is 1.82. The number of benzene rings is 1. The highest BCUT2D eigenvalue weighted by Crippen LogP contribution is 2.36. The number of ether oxygens (including phenoxy) is 2. The number of halogens is 1. The number of piperidine rings is 1. The van der Waals surface area contributed by atoms with Gasteiger partial charge in [0.25, 0.3) is 0 Å². The van der Waals surface area contributed by atoms with Gasteiger partial charge in [-0.3, -0.25) is 9.79 Å². The number of aromatic amines is 1. The number of H-pyrrole nitrogens is 1.